The molecule has 2 rings (SSSR count). The van der Waals surface area contributed by atoms with Crippen LogP contribution in [0, 0.1) is 0 Å². The highest BCUT2D eigenvalue weighted by Gasteiger charge is 2.14. The van der Waals surface area contributed by atoms with Gasteiger partial charge in [-0.1, -0.05) is 19.1 Å². The summed E-state index contributed by atoms with van der Waals surface area (Å²) < 4.78 is 32.9. The van der Waals surface area contributed by atoms with Gasteiger partial charge in [0.1, 0.15) is 5.75 Å². The van der Waals surface area contributed by atoms with Crippen LogP contribution in [0.1, 0.15) is 18.9 Å². The van der Waals surface area contributed by atoms with Crippen LogP contribution >= 0.6 is 0 Å². The van der Waals surface area contributed by atoms with Crippen molar-refractivity contribution in [3.63, 3.8) is 0 Å². The number of likely N-dealkylation sites (N-methyl/N-ethyl adjacent to an activating group) is 1. The van der Waals surface area contributed by atoms with Gasteiger partial charge >= 0.3 is 0 Å². The summed E-state index contributed by atoms with van der Waals surface area (Å²) in [6.45, 7) is 2.59. The quantitative estimate of drug-likeness (QED) is 0.769. The Hall–Kier alpha value is -2.54. The summed E-state index contributed by atoms with van der Waals surface area (Å²) in [5.41, 5.74) is 1.27. The van der Waals surface area contributed by atoms with Crippen molar-refractivity contribution in [3.05, 3.63) is 54.1 Å². The van der Waals surface area contributed by atoms with Crippen molar-refractivity contribution in [3.8, 4) is 5.75 Å². The Morgan fingerprint density at radius 2 is 1.65 bits per heavy atom. The third kappa shape index (κ3) is 5.49. The van der Waals surface area contributed by atoms with Gasteiger partial charge in [0.2, 0.25) is 5.91 Å². The number of hydrogen-bond acceptors (Lipinski definition) is 4. The summed E-state index contributed by atoms with van der Waals surface area (Å²) in [7, 11) is -0.285. The van der Waals surface area contributed by atoms with Crippen LogP contribution in [0.25, 0.3) is 0 Å². The van der Waals surface area contributed by atoms with Crippen LogP contribution in [-0.4, -0.2) is 39.9 Å². The van der Waals surface area contributed by atoms with Gasteiger partial charge in [-0.15, -0.1) is 0 Å². The average molecular weight is 376 g/mol. The molecule has 1 amide bonds. The Morgan fingerprint density at radius 1 is 1.04 bits per heavy atom. The number of benzene rings is 2. The van der Waals surface area contributed by atoms with Gasteiger partial charge in [0.05, 0.1) is 17.9 Å². The molecule has 140 valence electrons. The Morgan fingerprint density at radius 3 is 2.19 bits per heavy atom. The van der Waals surface area contributed by atoms with E-state index in [0.717, 1.165) is 12.0 Å². The topological polar surface area (TPSA) is 75.7 Å². The van der Waals surface area contributed by atoms with Gasteiger partial charge in [0, 0.05) is 19.8 Å². The minimum atomic E-state index is -3.68. The molecule has 0 saturated carbocycles. The molecular weight excluding hydrogens is 352 g/mol. The molecule has 0 heterocycles. The molecule has 0 saturated heterocycles. The van der Waals surface area contributed by atoms with Crippen molar-refractivity contribution >= 4 is 21.6 Å². The summed E-state index contributed by atoms with van der Waals surface area (Å²) >= 11 is 0. The highest BCUT2D eigenvalue weighted by Crippen LogP contribution is 2.20. The van der Waals surface area contributed by atoms with Crippen LogP contribution in [0.15, 0.2) is 53.4 Å². The predicted octanol–water partition coefficient (Wildman–Crippen LogP) is 2.91. The second-order valence-corrected chi connectivity index (χ2v) is 7.77. The molecule has 0 aliphatic rings. The molecule has 0 aliphatic carbocycles. The monoisotopic (exact) mass is 376 g/mol. The number of carbonyl (C=O) groups excluding carboxylic acids is 1. The van der Waals surface area contributed by atoms with Gasteiger partial charge in [-0.2, -0.15) is 0 Å². The largest absolute Gasteiger partial charge is 0.494 e. The van der Waals surface area contributed by atoms with Crippen molar-refractivity contribution in [2.24, 2.45) is 0 Å². The zero-order valence-corrected chi connectivity index (χ0v) is 16.0. The lowest BCUT2D eigenvalue weighted by Crippen LogP contribution is -2.23. The molecule has 0 fully saturated rings. The number of ether oxygens (including phenoxy) is 1. The number of carbonyl (C=O) groups is 1. The number of rotatable bonds is 8. The van der Waals surface area contributed by atoms with E-state index in [1.165, 1.54) is 17.0 Å². The van der Waals surface area contributed by atoms with Crippen LogP contribution in [0.5, 0.6) is 5.75 Å². The molecule has 6 nitrogen and oxygen atoms in total. The van der Waals surface area contributed by atoms with E-state index < -0.39 is 10.0 Å². The molecule has 0 bridgehead atoms. The second kappa shape index (κ2) is 8.71. The SMILES string of the molecule is CCCOc1ccc(S(=O)(=O)Nc2ccc(CC(=O)N(C)C)cc2)cc1. The van der Waals surface area contributed by atoms with Gasteiger partial charge in [-0.05, 0) is 48.4 Å². The molecular formula is C19H24N2O4S. The van der Waals surface area contributed by atoms with Crippen LogP contribution in [0.3, 0.4) is 0 Å². The smallest absolute Gasteiger partial charge is 0.261 e. The molecule has 26 heavy (non-hydrogen) atoms. The first kappa shape index (κ1) is 19.8. The van der Waals surface area contributed by atoms with Gasteiger partial charge in [0.25, 0.3) is 10.0 Å². The Balaban J connectivity index is 2.05. The number of hydrogen-bond donors (Lipinski definition) is 1. The molecule has 1 N–H and O–H groups in total. The van der Waals surface area contributed by atoms with Crippen molar-refractivity contribution in [1.29, 1.82) is 0 Å². The lowest BCUT2D eigenvalue weighted by molar-refractivity contribution is -0.127. The minimum Gasteiger partial charge on any atom is -0.494 e. The van der Waals surface area contributed by atoms with Crippen LogP contribution in [-0.2, 0) is 21.2 Å². The molecule has 2 aromatic rings. The van der Waals surface area contributed by atoms with E-state index in [9.17, 15) is 13.2 Å². The number of nitrogens with one attached hydrogen (secondary N) is 1. The lowest BCUT2D eigenvalue weighted by atomic mass is 10.1. The number of anilines is 1. The molecule has 0 aromatic heterocycles. The van der Waals surface area contributed by atoms with E-state index in [0.29, 0.717) is 18.0 Å². The number of nitrogens with zero attached hydrogens (tertiary/aromatic N) is 1. The first-order valence-electron chi connectivity index (χ1n) is 8.36. The zero-order chi connectivity index (χ0) is 19.2. The van der Waals surface area contributed by atoms with E-state index in [-0.39, 0.29) is 17.2 Å². The highest BCUT2D eigenvalue weighted by molar-refractivity contribution is 7.92. The maximum atomic E-state index is 12.5. The average Bonchev–Trinajstić information content (AvgIpc) is 2.61. The van der Waals surface area contributed by atoms with E-state index in [1.54, 1.807) is 50.5 Å². The summed E-state index contributed by atoms with van der Waals surface area (Å²) in [6.07, 6.45) is 1.16. The summed E-state index contributed by atoms with van der Waals surface area (Å²) in [6, 6.07) is 13.1. The molecule has 0 atom stereocenters. The minimum absolute atomic E-state index is 0.0105. The van der Waals surface area contributed by atoms with Gasteiger partial charge in [-0.3, -0.25) is 9.52 Å². The van der Waals surface area contributed by atoms with Gasteiger partial charge in [0.15, 0.2) is 0 Å². The van der Waals surface area contributed by atoms with Gasteiger partial charge < -0.3 is 9.64 Å². The summed E-state index contributed by atoms with van der Waals surface area (Å²) in [4.78, 5) is 13.4. The van der Waals surface area contributed by atoms with Gasteiger partial charge in [-0.25, -0.2) is 8.42 Å². The van der Waals surface area contributed by atoms with E-state index >= 15 is 0 Å². The fraction of sp³-hybridized carbons (Fsp3) is 0.316. The van der Waals surface area contributed by atoms with Crippen LogP contribution in [0.4, 0.5) is 5.69 Å². The zero-order valence-electron chi connectivity index (χ0n) is 15.2. The third-order valence-electron chi connectivity index (χ3n) is 3.67. The molecule has 0 unspecified atom stereocenters. The molecule has 0 aliphatic heterocycles. The van der Waals surface area contributed by atoms with E-state index in [4.69, 9.17) is 4.74 Å². The molecule has 2 aromatic carbocycles. The van der Waals surface area contributed by atoms with Crippen molar-refractivity contribution in [2.75, 3.05) is 25.4 Å². The summed E-state index contributed by atoms with van der Waals surface area (Å²) in [5.74, 6) is 0.629. The predicted molar refractivity (Wildman–Crippen MR) is 102 cm³/mol. The standard InChI is InChI=1S/C19H24N2O4S/c1-4-13-25-17-9-11-18(12-10-17)26(23,24)20-16-7-5-15(6-8-16)14-19(22)21(2)3/h5-12,20H,4,13-14H2,1-3H3. The molecule has 0 spiro atoms. The third-order valence-corrected chi connectivity index (χ3v) is 5.06. The van der Waals surface area contributed by atoms with Crippen LogP contribution in [0.2, 0.25) is 0 Å². The second-order valence-electron chi connectivity index (χ2n) is 6.09. The Kier molecular flexibility index (Phi) is 6.63. The Labute approximate surface area is 154 Å². The number of amides is 1. The molecule has 0 radical (unpaired) electrons. The van der Waals surface area contributed by atoms with Crippen molar-refractivity contribution in [1.82, 2.24) is 4.90 Å². The molecule has 7 heteroatoms. The summed E-state index contributed by atoms with van der Waals surface area (Å²) in [5, 5.41) is 0. The first-order chi connectivity index (χ1) is 12.3. The van der Waals surface area contributed by atoms with Crippen molar-refractivity contribution in [2.45, 2.75) is 24.7 Å². The maximum absolute atomic E-state index is 12.5. The van der Waals surface area contributed by atoms with E-state index in [1.807, 2.05) is 6.92 Å². The fourth-order valence-electron chi connectivity index (χ4n) is 2.17. The van der Waals surface area contributed by atoms with E-state index in [2.05, 4.69) is 4.72 Å². The number of sulfonamides is 1. The Bertz CT molecular complexity index is 829. The first-order valence-corrected chi connectivity index (χ1v) is 9.85. The van der Waals surface area contributed by atoms with Crippen LogP contribution < -0.4 is 9.46 Å². The van der Waals surface area contributed by atoms with Crippen molar-refractivity contribution < 1.29 is 17.9 Å². The highest BCUT2D eigenvalue weighted by atomic mass is 32.2. The lowest BCUT2D eigenvalue weighted by Gasteiger charge is -2.11. The fourth-order valence-corrected chi connectivity index (χ4v) is 3.23. The maximum Gasteiger partial charge on any atom is 0.261 e. The normalized spacial score (nSPS) is 11.0.